The summed E-state index contributed by atoms with van der Waals surface area (Å²) in [5, 5.41) is 8.80. The molecule has 1 N–H and O–H groups in total. The summed E-state index contributed by atoms with van der Waals surface area (Å²) >= 11 is 0. The molecule has 2 heterocycles. The van der Waals surface area contributed by atoms with Crippen LogP contribution in [0, 0.1) is 0 Å². The number of hydrogen-bond acceptors (Lipinski definition) is 5. The average molecular weight is 344 g/mol. The van der Waals surface area contributed by atoms with E-state index in [1.807, 2.05) is 59.4 Å². The predicted molar refractivity (Wildman–Crippen MR) is 105 cm³/mol. The summed E-state index contributed by atoms with van der Waals surface area (Å²) in [4.78, 5) is 11.0. The summed E-state index contributed by atoms with van der Waals surface area (Å²) in [5.74, 6) is 0.804. The smallest absolute Gasteiger partial charge is 0.168 e. The van der Waals surface area contributed by atoms with Gasteiger partial charge in [0.1, 0.15) is 12.1 Å². The SMILES string of the molecule is CN(CCNc1ncnc2c1cnn2-c1ccccc1)c1ccccc1. The predicted octanol–water partition coefficient (Wildman–Crippen LogP) is 3.36. The Morgan fingerprint density at radius 3 is 2.46 bits per heavy atom. The van der Waals surface area contributed by atoms with Gasteiger partial charge in [-0.2, -0.15) is 5.10 Å². The maximum atomic E-state index is 4.48. The molecular formula is C20H20N6. The lowest BCUT2D eigenvalue weighted by molar-refractivity contribution is 0.894. The molecule has 2 aromatic heterocycles. The minimum atomic E-state index is 0.772. The van der Waals surface area contributed by atoms with Gasteiger partial charge >= 0.3 is 0 Å². The van der Waals surface area contributed by atoms with Crippen molar-refractivity contribution < 1.29 is 0 Å². The fourth-order valence-electron chi connectivity index (χ4n) is 2.90. The lowest BCUT2D eigenvalue weighted by Gasteiger charge is -2.19. The molecule has 0 saturated carbocycles. The van der Waals surface area contributed by atoms with Crippen LogP contribution in [0.15, 0.2) is 73.2 Å². The van der Waals surface area contributed by atoms with Gasteiger partial charge in [-0.05, 0) is 24.3 Å². The third-order valence-electron chi connectivity index (χ3n) is 4.30. The summed E-state index contributed by atoms with van der Waals surface area (Å²) in [6, 6.07) is 20.3. The number of hydrogen-bond donors (Lipinski definition) is 1. The molecule has 0 radical (unpaired) electrons. The zero-order chi connectivity index (χ0) is 17.8. The van der Waals surface area contributed by atoms with Crippen molar-refractivity contribution in [1.29, 1.82) is 0 Å². The van der Waals surface area contributed by atoms with Crippen LogP contribution in [-0.4, -0.2) is 39.9 Å². The van der Waals surface area contributed by atoms with Crippen molar-refractivity contribution in [2.75, 3.05) is 30.4 Å². The first kappa shape index (κ1) is 16.1. The molecule has 0 unspecified atom stereocenters. The molecular weight excluding hydrogens is 324 g/mol. The number of aromatic nitrogens is 4. The third-order valence-corrected chi connectivity index (χ3v) is 4.30. The summed E-state index contributed by atoms with van der Waals surface area (Å²) in [6.07, 6.45) is 3.39. The van der Waals surface area contributed by atoms with Crippen molar-refractivity contribution in [1.82, 2.24) is 19.7 Å². The second-order valence-corrected chi connectivity index (χ2v) is 6.04. The van der Waals surface area contributed by atoms with Crippen LogP contribution >= 0.6 is 0 Å². The van der Waals surface area contributed by atoms with Gasteiger partial charge in [0.25, 0.3) is 0 Å². The zero-order valence-corrected chi connectivity index (χ0v) is 14.6. The Hall–Kier alpha value is -3.41. The Labute approximate surface area is 152 Å². The van der Waals surface area contributed by atoms with Crippen LogP contribution in [0.25, 0.3) is 16.7 Å². The van der Waals surface area contributed by atoms with Crippen LogP contribution in [0.4, 0.5) is 11.5 Å². The summed E-state index contributed by atoms with van der Waals surface area (Å²) < 4.78 is 1.83. The van der Waals surface area contributed by atoms with E-state index in [0.29, 0.717) is 0 Å². The highest BCUT2D eigenvalue weighted by Crippen LogP contribution is 2.21. The van der Waals surface area contributed by atoms with E-state index < -0.39 is 0 Å². The number of para-hydroxylation sites is 2. The van der Waals surface area contributed by atoms with Gasteiger partial charge in [-0.1, -0.05) is 36.4 Å². The monoisotopic (exact) mass is 344 g/mol. The van der Waals surface area contributed by atoms with E-state index >= 15 is 0 Å². The lowest BCUT2D eigenvalue weighted by Crippen LogP contribution is -2.24. The van der Waals surface area contributed by atoms with Crippen molar-refractivity contribution in [3.05, 3.63) is 73.2 Å². The second-order valence-electron chi connectivity index (χ2n) is 6.04. The van der Waals surface area contributed by atoms with Crippen LogP contribution < -0.4 is 10.2 Å². The Morgan fingerprint density at radius 1 is 0.962 bits per heavy atom. The average Bonchev–Trinajstić information content (AvgIpc) is 3.14. The van der Waals surface area contributed by atoms with Crippen molar-refractivity contribution in [3.8, 4) is 5.69 Å². The molecule has 4 aromatic rings. The van der Waals surface area contributed by atoms with Crippen molar-refractivity contribution in [2.24, 2.45) is 0 Å². The van der Waals surface area contributed by atoms with Crippen molar-refractivity contribution in [2.45, 2.75) is 0 Å². The molecule has 6 heteroatoms. The molecule has 0 saturated heterocycles. The standard InChI is InChI=1S/C20H20N6/c1-25(16-8-4-2-5-9-16)13-12-21-19-18-14-24-26(20(18)23-15-22-19)17-10-6-3-7-11-17/h2-11,14-15H,12-13H2,1H3,(H,21,22,23). The number of rotatable bonds is 6. The van der Waals surface area contributed by atoms with E-state index in [4.69, 9.17) is 0 Å². The molecule has 6 nitrogen and oxygen atoms in total. The zero-order valence-electron chi connectivity index (χ0n) is 14.6. The van der Waals surface area contributed by atoms with Gasteiger partial charge in [0.15, 0.2) is 5.65 Å². The summed E-state index contributed by atoms with van der Waals surface area (Å²) in [6.45, 7) is 1.64. The summed E-state index contributed by atoms with van der Waals surface area (Å²) in [7, 11) is 2.08. The van der Waals surface area contributed by atoms with Gasteiger partial charge in [-0.15, -0.1) is 0 Å². The van der Waals surface area contributed by atoms with Gasteiger partial charge in [-0.25, -0.2) is 14.6 Å². The number of nitrogens with one attached hydrogen (secondary N) is 1. The second kappa shape index (κ2) is 7.23. The molecule has 0 spiro atoms. The molecule has 0 fully saturated rings. The van der Waals surface area contributed by atoms with E-state index in [1.54, 1.807) is 6.33 Å². The first-order valence-corrected chi connectivity index (χ1v) is 8.57. The molecule has 4 rings (SSSR count). The number of anilines is 2. The van der Waals surface area contributed by atoms with E-state index in [0.717, 1.165) is 35.6 Å². The fourth-order valence-corrected chi connectivity index (χ4v) is 2.90. The maximum absolute atomic E-state index is 4.48. The van der Waals surface area contributed by atoms with E-state index in [2.05, 4.69) is 44.5 Å². The molecule has 0 amide bonds. The largest absolute Gasteiger partial charge is 0.373 e. The maximum Gasteiger partial charge on any atom is 0.168 e. The van der Waals surface area contributed by atoms with Gasteiger partial charge in [-0.3, -0.25) is 0 Å². The van der Waals surface area contributed by atoms with Crippen LogP contribution in [0.2, 0.25) is 0 Å². The first-order valence-electron chi connectivity index (χ1n) is 8.57. The van der Waals surface area contributed by atoms with Crippen molar-refractivity contribution in [3.63, 3.8) is 0 Å². The molecule has 0 atom stereocenters. The highest BCUT2D eigenvalue weighted by molar-refractivity contribution is 5.87. The third kappa shape index (κ3) is 3.21. The van der Waals surface area contributed by atoms with E-state index in [-0.39, 0.29) is 0 Å². The Kier molecular flexibility index (Phi) is 4.47. The van der Waals surface area contributed by atoms with E-state index in [9.17, 15) is 0 Å². The molecule has 0 aliphatic rings. The highest BCUT2D eigenvalue weighted by Gasteiger charge is 2.10. The fraction of sp³-hybridized carbons (Fsp3) is 0.150. The number of nitrogens with zero attached hydrogens (tertiary/aromatic N) is 5. The molecule has 2 aromatic carbocycles. The number of likely N-dealkylation sites (N-methyl/N-ethyl adjacent to an activating group) is 1. The van der Waals surface area contributed by atoms with Gasteiger partial charge in [0, 0.05) is 25.8 Å². The molecule has 0 bridgehead atoms. The number of fused-ring (bicyclic) bond motifs is 1. The molecule has 0 aliphatic heterocycles. The van der Waals surface area contributed by atoms with E-state index in [1.165, 1.54) is 5.69 Å². The molecule has 0 aliphatic carbocycles. The van der Waals surface area contributed by atoms with Gasteiger partial charge in [0.2, 0.25) is 0 Å². The highest BCUT2D eigenvalue weighted by atomic mass is 15.3. The molecule has 130 valence electrons. The van der Waals surface area contributed by atoms with Crippen LogP contribution in [0.5, 0.6) is 0 Å². The Bertz CT molecular complexity index is 981. The minimum absolute atomic E-state index is 0.772. The van der Waals surface area contributed by atoms with Crippen LogP contribution in [0.3, 0.4) is 0 Å². The van der Waals surface area contributed by atoms with Crippen molar-refractivity contribution >= 4 is 22.5 Å². The molecule has 26 heavy (non-hydrogen) atoms. The Balaban J connectivity index is 1.50. The van der Waals surface area contributed by atoms with Gasteiger partial charge < -0.3 is 10.2 Å². The van der Waals surface area contributed by atoms with Gasteiger partial charge in [0.05, 0.1) is 17.3 Å². The Morgan fingerprint density at radius 2 is 1.69 bits per heavy atom. The normalized spacial score (nSPS) is 10.8. The minimum Gasteiger partial charge on any atom is -0.373 e. The lowest BCUT2D eigenvalue weighted by atomic mass is 10.3. The van der Waals surface area contributed by atoms with Crippen LogP contribution in [-0.2, 0) is 0 Å². The first-order chi connectivity index (χ1) is 12.8. The quantitative estimate of drug-likeness (QED) is 0.581. The number of benzene rings is 2. The summed E-state index contributed by atoms with van der Waals surface area (Å²) in [5.41, 5.74) is 2.97. The van der Waals surface area contributed by atoms with Crippen LogP contribution in [0.1, 0.15) is 0 Å². The topological polar surface area (TPSA) is 58.9 Å².